The third-order valence-electron chi connectivity index (χ3n) is 6.40. The average molecular weight is 417 g/mol. The standard InChI is InChI=1S/C23H30ClFN4/c1-3-4-15(2)12-29-13-16-9-19(10-17(16)14-29)26-23-8-7-22(27-28-23)20-11-18(25)5-6-21(20)24/h5-8,11,15-17,19H,3-4,9-10,12-14H2,1-2H3,(H,26,28)/t15?,16-,17+,19-. The predicted molar refractivity (Wildman–Crippen MR) is 117 cm³/mol. The Morgan fingerprint density at radius 2 is 1.93 bits per heavy atom. The normalized spacial score (nSPS) is 25.2. The van der Waals surface area contributed by atoms with Crippen LogP contribution in [0.25, 0.3) is 11.3 Å². The lowest BCUT2D eigenvalue weighted by Gasteiger charge is -2.22. The van der Waals surface area contributed by atoms with Crippen LogP contribution in [-0.2, 0) is 0 Å². The summed E-state index contributed by atoms with van der Waals surface area (Å²) in [5.74, 6) is 2.83. The number of aromatic nitrogens is 2. The minimum absolute atomic E-state index is 0.330. The molecule has 1 aliphatic heterocycles. The number of hydrogen-bond donors (Lipinski definition) is 1. The molecule has 156 valence electrons. The zero-order chi connectivity index (χ0) is 20.4. The lowest BCUT2D eigenvalue weighted by Crippen LogP contribution is -2.29. The van der Waals surface area contributed by atoms with Gasteiger partial charge in [-0.2, -0.15) is 0 Å². The first-order valence-corrected chi connectivity index (χ1v) is 11.2. The summed E-state index contributed by atoms with van der Waals surface area (Å²) >= 11 is 6.17. The molecule has 0 amide bonds. The van der Waals surface area contributed by atoms with E-state index in [1.807, 2.05) is 12.1 Å². The van der Waals surface area contributed by atoms with Crippen LogP contribution < -0.4 is 5.32 Å². The Kier molecular flexibility index (Phi) is 6.35. The van der Waals surface area contributed by atoms with Gasteiger partial charge < -0.3 is 10.2 Å². The lowest BCUT2D eigenvalue weighted by atomic mass is 10.0. The molecule has 1 aliphatic carbocycles. The van der Waals surface area contributed by atoms with Crippen LogP contribution in [0, 0.1) is 23.6 Å². The molecule has 0 spiro atoms. The van der Waals surface area contributed by atoms with E-state index in [0.717, 1.165) is 23.6 Å². The number of benzene rings is 1. The van der Waals surface area contributed by atoms with Crippen molar-refractivity contribution in [2.75, 3.05) is 25.0 Å². The fourth-order valence-corrected chi connectivity index (χ4v) is 5.36. The molecule has 1 aromatic heterocycles. The summed E-state index contributed by atoms with van der Waals surface area (Å²) in [5, 5.41) is 12.6. The highest BCUT2D eigenvalue weighted by atomic mass is 35.5. The summed E-state index contributed by atoms with van der Waals surface area (Å²) < 4.78 is 13.5. The first-order valence-electron chi connectivity index (χ1n) is 10.8. The largest absolute Gasteiger partial charge is 0.366 e. The van der Waals surface area contributed by atoms with Crippen molar-refractivity contribution in [1.82, 2.24) is 15.1 Å². The third kappa shape index (κ3) is 4.89. The van der Waals surface area contributed by atoms with Crippen molar-refractivity contribution < 1.29 is 4.39 Å². The van der Waals surface area contributed by atoms with Gasteiger partial charge in [0.2, 0.25) is 0 Å². The molecule has 4 atom stereocenters. The van der Waals surface area contributed by atoms with Gasteiger partial charge in [-0.15, -0.1) is 10.2 Å². The molecule has 0 bridgehead atoms. The minimum Gasteiger partial charge on any atom is -0.366 e. The van der Waals surface area contributed by atoms with E-state index >= 15 is 0 Å². The topological polar surface area (TPSA) is 41.0 Å². The first kappa shape index (κ1) is 20.5. The zero-order valence-electron chi connectivity index (χ0n) is 17.2. The fraction of sp³-hybridized carbons (Fsp3) is 0.565. The Balaban J connectivity index is 1.31. The van der Waals surface area contributed by atoms with E-state index in [9.17, 15) is 4.39 Å². The molecule has 1 N–H and O–H groups in total. The molecule has 29 heavy (non-hydrogen) atoms. The maximum absolute atomic E-state index is 13.5. The second-order valence-electron chi connectivity index (χ2n) is 8.87. The molecule has 1 saturated carbocycles. The van der Waals surface area contributed by atoms with Crippen molar-refractivity contribution in [3.05, 3.63) is 41.2 Å². The fourth-order valence-electron chi connectivity index (χ4n) is 5.14. The molecular weight excluding hydrogens is 387 g/mol. The van der Waals surface area contributed by atoms with E-state index in [-0.39, 0.29) is 5.82 Å². The molecule has 0 radical (unpaired) electrons. The number of hydrogen-bond acceptors (Lipinski definition) is 4. The van der Waals surface area contributed by atoms with Gasteiger partial charge in [0.15, 0.2) is 0 Å². The smallest absolute Gasteiger partial charge is 0.148 e. The SMILES string of the molecule is CCCC(C)CN1C[C@H]2C[C@@H](Nc3ccc(-c4cc(F)ccc4Cl)nn3)C[C@H]2C1. The number of halogens is 2. The third-order valence-corrected chi connectivity index (χ3v) is 6.73. The van der Waals surface area contributed by atoms with Crippen LogP contribution in [0.4, 0.5) is 10.2 Å². The van der Waals surface area contributed by atoms with Crippen molar-refractivity contribution in [2.45, 2.75) is 45.6 Å². The van der Waals surface area contributed by atoms with Crippen LogP contribution in [0.5, 0.6) is 0 Å². The number of nitrogens with one attached hydrogen (secondary N) is 1. The average Bonchev–Trinajstić information content (AvgIpc) is 3.22. The molecule has 1 aromatic carbocycles. The molecule has 1 saturated heterocycles. The molecule has 6 heteroatoms. The van der Waals surface area contributed by atoms with Crippen molar-refractivity contribution in [3.8, 4) is 11.3 Å². The monoisotopic (exact) mass is 416 g/mol. The van der Waals surface area contributed by atoms with Gasteiger partial charge in [-0.05, 0) is 67.3 Å². The molecule has 4 rings (SSSR count). The van der Waals surface area contributed by atoms with Gasteiger partial charge in [-0.25, -0.2) is 4.39 Å². The molecule has 2 aliphatic rings. The van der Waals surface area contributed by atoms with Gasteiger partial charge in [-0.3, -0.25) is 0 Å². The Hall–Kier alpha value is -1.72. The van der Waals surface area contributed by atoms with Crippen LogP contribution in [0.2, 0.25) is 5.02 Å². The van der Waals surface area contributed by atoms with Gasteiger partial charge in [0.1, 0.15) is 11.6 Å². The number of anilines is 1. The Labute approximate surface area is 177 Å². The number of fused-ring (bicyclic) bond motifs is 1. The number of likely N-dealkylation sites (tertiary alicyclic amines) is 1. The highest BCUT2D eigenvalue weighted by molar-refractivity contribution is 6.33. The Morgan fingerprint density at radius 3 is 2.59 bits per heavy atom. The molecule has 1 unspecified atom stereocenters. The number of nitrogens with zero attached hydrogens (tertiary/aromatic N) is 3. The summed E-state index contributed by atoms with van der Waals surface area (Å²) in [6.07, 6.45) is 5.00. The van der Waals surface area contributed by atoms with E-state index in [1.165, 1.54) is 57.5 Å². The van der Waals surface area contributed by atoms with E-state index in [4.69, 9.17) is 11.6 Å². The van der Waals surface area contributed by atoms with Crippen LogP contribution in [-0.4, -0.2) is 40.8 Å². The summed E-state index contributed by atoms with van der Waals surface area (Å²) in [7, 11) is 0. The van der Waals surface area contributed by atoms with E-state index in [2.05, 4.69) is 34.3 Å². The van der Waals surface area contributed by atoms with E-state index < -0.39 is 0 Å². The van der Waals surface area contributed by atoms with Gasteiger partial charge >= 0.3 is 0 Å². The van der Waals surface area contributed by atoms with E-state index in [1.54, 1.807) is 6.07 Å². The van der Waals surface area contributed by atoms with Crippen molar-refractivity contribution in [3.63, 3.8) is 0 Å². The van der Waals surface area contributed by atoms with Gasteiger partial charge in [0, 0.05) is 31.2 Å². The molecule has 2 heterocycles. The highest BCUT2D eigenvalue weighted by Crippen LogP contribution is 2.39. The van der Waals surface area contributed by atoms with Crippen LogP contribution >= 0.6 is 11.6 Å². The molecule has 2 aromatic rings. The second-order valence-corrected chi connectivity index (χ2v) is 9.28. The second kappa shape index (κ2) is 8.97. The van der Waals surface area contributed by atoms with Crippen molar-refractivity contribution in [2.24, 2.45) is 17.8 Å². The maximum atomic E-state index is 13.5. The number of rotatable bonds is 7. The van der Waals surface area contributed by atoms with Crippen LogP contribution in [0.15, 0.2) is 30.3 Å². The maximum Gasteiger partial charge on any atom is 0.148 e. The zero-order valence-corrected chi connectivity index (χ0v) is 18.0. The highest BCUT2D eigenvalue weighted by Gasteiger charge is 2.40. The van der Waals surface area contributed by atoms with Crippen LogP contribution in [0.1, 0.15) is 39.5 Å². The van der Waals surface area contributed by atoms with Gasteiger partial charge in [0.05, 0.1) is 10.7 Å². The van der Waals surface area contributed by atoms with Gasteiger partial charge in [0.25, 0.3) is 0 Å². The summed E-state index contributed by atoms with van der Waals surface area (Å²) in [5.41, 5.74) is 1.15. The summed E-state index contributed by atoms with van der Waals surface area (Å²) in [4.78, 5) is 2.67. The summed E-state index contributed by atoms with van der Waals surface area (Å²) in [6, 6.07) is 8.50. The van der Waals surface area contributed by atoms with Gasteiger partial charge in [-0.1, -0.05) is 31.9 Å². The quantitative estimate of drug-likeness (QED) is 0.647. The Bertz CT molecular complexity index is 814. The predicted octanol–water partition coefficient (Wildman–Crippen LogP) is 5.49. The van der Waals surface area contributed by atoms with Crippen molar-refractivity contribution >= 4 is 17.4 Å². The Morgan fingerprint density at radius 1 is 1.17 bits per heavy atom. The minimum atomic E-state index is -0.330. The molecular formula is C23H30ClFN4. The first-order chi connectivity index (χ1) is 14.0. The van der Waals surface area contributed by atoms with Crippen LogP contribution in [0.3, 0.4) is 0 Å². The lowest BCUT2D eigenvalue weighted by molar-refractivity contribution is 0.259. The molecule has 2 fully saturated rings. The van der Waals surface area contributed by atoms with Crippen molar-refractivity contribution in [1.29, 1.82) is 0 Å². The van der Waals surface area contributed by atoms with E-state index in [0.29, 0.717) is 22.3 Å². The molecule has 4 nitrogen and oxygen atoms in total. The summed E-state index contributed by atoms with van der Waals surface area (Å²) in [6.45, 7) is 8.36.